The van der Waals surface area contributed by atoms with Crippen molar-refractivity contribution < 1.29 is 9.90 Å². The summed E-state index contributed by atoms with van der Waals surface area (Å²) in [6, 6.07) is 0. The van der Waals surface area contributed by atoms with Gasteiger partial charge in [0.1, 0.15) is 0 Å². The predicted octanol–water partition coefficient (Wildman–Crippen LogP) is 1.90. The second kappa shape index (κ2) is 7.13. The zero-order valence-electron chi connectivity index (χ0n) is 10.4. The number of amides is 1. The van der Waals surface area contributed by atoms with Crippen LogP contribution in [-0.2, 0) is 0 Å². The minimum absolute atomic E-state index is 0.370. The Morgan fingerprint density at radius 3 is 2.31 bits per heavy atom. The van der Waals surface area contributed by atoms with Crippen molar-refractivity contribution in [1.82, 2.24) is 4.90 Å². The van der Waals surface area contributed by atoms with E-state index in [-0.39, 0.29) is 5.54 Å². The van der Waals surface area contributed by atoms with E-state index in [4.69, 9.17) is 10.8 Å². The second-order valence-electron chi connectivity index (χ2n) is 4.60. The van der Waals surface area contributed by atoms with E-state index in [9.17, 15) is 4.79 Å². The number of hydrogen-bond donors (Lipinski definition) is 2. The zero-order valence-corrected chi connectivity index (χ0v) is 10.4. The van der Waals surface area contributed by atoms with Crippen LogP contribution in [0.3, 0.4) is 0 Å². The maximum atomic E-state index is 11.0. The lowest BCUT2D eigenvalue weighted by atomic mass is 10.1. The Kier molecular flexibility index (Phi) is 6.59. The van der Waals surface area contributed by atoms with Crippen LogP contribution < -0.4 is 5.73 Å². The number of nitrogens with two attached hydrogens (primary N) is 1. The Labute approximate surface area is 97.8 Å². The maximum Gasteiger partial charge on any atom is 0.407 e. The minimum Gasteiger partial charge on any atom is -0.465 e. The number of rotatable bonds is 4. The molecule has 3 N–H and O–H groups in total. The summed E-state index contributed by atoms with van der Waals surface area (Å²) in [5.41, 5.74) is 4.96. The Morgan fingerprint density at radius 2 is 1.88 bits per heavy atom. The van der Waals surface area contributed by atoms with Gasteiger partial charge in [0.15, 0.2) is 0 Å². The molecule has 0 radical (unpaired) electrons. The smallest absolute Gasteiger partial charge is 0.407 e. The number of unbranched alkanes of at least 4 members (excludes halogenated alkanes) is 1. The van der Waals surface area contributed by atoms with E-state index in [1.54, 1.807) is 0 Å². The van der Waals surface area contributed by atoms with E-state index < -0.39 is 6.09 Å². The molecule has 0 aromatic rings. The van der Waals surface area contributed by atoms with Crippen LogP contribution in [-0.4, -0.2) is 34.7 Å². The van der Waals surface area contributed by atoms with E-state index in [1.165, 1.54) is 4.90 Å². The van der Waals surface area contributed by atoms with Crippen molar-refractivity contribution in [3.8, 4) is 11.8 Å². The van der Waals surface area contributed by atoms with Gasteiger partial charge in [0, 0.05) is 24.9 Å². The summed E-state index contributed by atoms with van der Waals surface area (Å²) in [5, 5.41) is 9.01. The molecule has 0 aliphatic heterocycles. The van der Waals surface area contributed by atoms with Crippen molar-refractivity contribution in [1.29, 1.82) is 0 Å². The molecule has 0 spiro atoms. The molecule has 0 aromatic carbocycles. The number of hydrogen-bond acceptors (Lipinski definition) is 2. The second-order valence-corrected chi connectivity index (χ2v) is 4.60. The fraction of sp³-hybridized carbons (Fsp3) is 0.750. The molecular weight excluding hydrogens is 204 g/mol. The van der Waals surface area contributed by atoms with E-state index in [0.29, 0.717) is 19.5 Å². The van der Waals surface area contributed by atoms with Crippen LogP contribution in [0.5, 0.6) is 0 Å². The molecule has 0 aliphatic rings. The highest BCUT2D eigenvalue weighted by Gasteiger charge is 2.24. The Bertz CT molecular complexity index is 271. The van der Waals surface area contributed by atoms with Gasteiger partial charge in [-0.25, -0.2) is 4.79 Å². The van der Waals surface area contributed by atoms with Gasteiger partial charge in [-0.2, -0.15) is 0 Å². The van der Waals surface area contributed by atoms with Gasteiger partial charge in [-0.05, 0) is 33.7 Å². The van der Waals surface area contributed by atoms with Gasteiger partial charge in [0.2, 0.25) is 0 Å². The molecule has 4 heteroatoms. The van der Waals surface area contributed by atoms with Crippen LogP contribution in [0.1, 0.15) is 40.0 Å². The molecular formula is C12H22N2O2. The largest absolute Gasteiger partial charge is 0.465 e. The van der Waals surface area contributed by atoms with Gasteiger partial charge in [0.05, 0.1) is 0 Å². The summed E-state index contributed by atoms with van der Waals surface area (Å²) < 4.78 is 0. The molecule has 16 heavy (non-hydrogen) atoms. The normalized spacial score (nSPS) is 10.5. The lowest BCUT2D eigenvalue weighted by molar-refractivity contribution is 0.102. The van der Waals surface area contributed by atoms with Crippen molar-refractivity contribution in [2.24, 2.45) is 5.73 Å². The average Bonchev–Trinajstić information content (AvgIpc) is 2.13. The van der Waals surface area contributed by atoms with Gasteiger partial charge in [0.25, 0.3) is 0 Å². The van der Waals surface area contributed by atoms with Crippen LogP contribution in [0.2, 0.25) is 0 Å². The first kappa shape index (κ1) is 14.8. The topological polar surface area (TPSA) is 66.6 Å². The first-order valence-electron chi connectivity index (χ1n) is 5.56. The van der Waals surface area contributed by atoms with Crippen LogP contribution in [0.4, 0.5) is 4.79 Å². The minimum atomic E-state index is -0.892. The molecule has 0 aromatic heterocycles. The first-order chi connectivity index (χ1) is 7.39. The molecule has 0 saturated carbocycles. The fourth-order valence-corrected chi connectivity index (χ4v) is 1.25. The highest BCUT2D eigenvalue weighted by atomic mass is 16.4. The van der Waals surface area contributed by atoms with Crippen molar-refractivity contribution in [2.75, 3.05) is 13.1 Å². The molecule has 0 rings (SSSR count). The summed E-state index contributed by atoms with van der Waals surface area (Å²) in [4.78, 5) is 12.4. The quantitative estimate of drug-likeness (QED) is 0.568. The third-order valence-electron chi connectivity index (χ3n) is 2.13. The molecule has 92 valence electrons. The predicted molar refractivity (Wildman–Crippen MR) is 65.2 cm³/mol. The van der Waals surface area contributed by atoms with Crippen LogP contribution in [0, 0.1) is 11.8 Å². The fourth-order valence-electron chi connectivity index (χ4n) is 1.25. The summed E-state index contributed by atoms with van der Waals surface area (Å²) in [6.45, 7) is 6.74. The number of nitrogens with zero attached hydrogens (tertiary/aromatic N) is 1. The van der Waals surface area contributed by atoms with E-state index >= 15 is 0 Å². The van der Waals surface area contributed by atoms with Gasteiger partial charge < -0.3 is 15.7 Å². The summed E-state index contributed by atoms with van der Waals surface area (Å²) >= 11 is 0. The van der Waals surface area contributed by atoms with Crippen LogP contribution >= 0.6 is 0 Å². The maximum absolute atomic E-state index is 11.0. The highest BCUT2D eigenvalue weighted by molar-refractivity contribution is 5.66. The van der Waals surface area contributed by atoms with Crippen molar-refractivity contribution in [3.05, 3.63) is 0 Å². The number of carbonyl (C=O) groups is 1. The van der Waals surface area contributed by atoms with E-state index in [2.05, 4.69) is 11.8 Å². The molecule has 0 unspecified atom stereocenters. The lowest BCUT2D eigenvalue weighted by Crippen LogP contribution is -2.45. The molecule has 0 heterocycles. The van der Waals surface area contributed by atoms with Gasteiger partial charge >= 0.3 is 6.09 Å². The summed E-state index contributed by atoms with van der Waals surface area (Å²) in [5.74, 6) is 5.95. The van der Waals surface area contributed by atoms with Crippen molar-refractivity contribution in [2.45, 2.75) is 45.6 Å². The standard InChI is InChI=1S/C12H22N2O2/c1-12(2,3)14(11(15)16)10-8-6-4-5-7-9-13/h5,7-10,13H2,1-3H3,(H,15,16). The summed E-state index contributed by atoms with van der Waals surface area (Å²) in [7, 11) is 0. The van der Waals surface area contributed by atoms with E-state index in [0.717, 1.165) is 12.8 Å². The van der Waals surface area contributed by atoms with Gasteiger partial charge in [-0.15, -0.1) is 11.8 Å². The molecule has 0 atom stereocenters. The van der Waals surface area contributed by atoms with Crippen molar-refractivity contribution >= 4 is 6.09 Å². The Balaban J connectivity index is 4.03. The van der Waals surface area contributed by atoms with Gasteiger partial charge in [-0.3, -0.25) is 0 Å². The number of carboxylic acid groups (broad SMARTS) is 1. The molecule has 0 saturated heterocycles. The molecule has 0 aliphatic carbocycles. The average molecular weight is 226 g/mol. The zero-order chi connectivity index (χ0) is 12.6. The Morgan fingerprint density at radius 1 is 1.31 bits per heavy atom. The van der Waals surface area contributed by atoms with Crippen molar-refractivity contribution in [3.63, 3.8) is 0 Å². The third kappa shape index (κ3) is 6.31. The third-order valence-corrected chi connectivity index (χ3v) is 2.13. The van der Waals surface area contributed by atoms with Crippen LogP contribution in [0.15, 0.2) is 0 Å². The molecule has 0 bridgehead atoms. The van der Waals surface area contributed by atoms with E-state index in [1.807, 2.05) is 20.8 Å². The molecule has 0 fully saturated rings. The first-order valence-corrected chi connectivity index (χ1v) is 5.56. The molecule has 1 amide bonds. The highest BCUT2D eigenvalue weighted by Crippen LogP contribution is 2.13. The Hall–Kier alpha value is -1.21. The van der Waals surface area contributed by atoms with Gasteiger partial charge in [-0.1, -0.05) is 0 Å². The summed E-state index contributed by atoms with van der Waals surface area (Å²) in [6.07, 6.45) is 1.37. The SMILES string of the molecule is CC(C)(C)N(CCC#CCCCN)C(=O)O. The lowest BCUT2D eigenvalue weighted by Gasteiger charge is -2.32. The molecule has 4 nitrogen and oxygen atoms in total. The monoisotopic (exact) mass is 226 g/mol. The van der Waals surface area contributed by atoms with Crippen LogP contribution in [0.25, 0.3) is 0 Å².